The van der Waals surface area contributed by atoms with Crippen molar-refractivity contribution in [3.8, 4) is 0 Å². The molecule has 0 aliphatic rings. The molecule has 1 aromatic carbocycles. The third-order valence-electron chi connectivity index (χ3n) is 3.00. The molecule has 0 saturated heterocycles. The number of carbonyl (C=O) groups is 2. The third kappa shape index (κ3) is 3.98. The molecule has 1 heterocycles. The van der Waals surface area contributed by atoms with Crippen LogP contribution >= 0.6 is 12.2 Å². The number of hydrogen-bond donors (Lipinski definition) is 2. The zero-order valence-electron chi connectivity index (χ0n) is 12.3. The number of rotatable bonds is 4. The maximum absolute atomic E-state index is 12.0. The first-order valence-electron chi connectivity index (χ1n) is 6.75. The van der Waals surface area contributed by atoms with Crippen LogP contribution in [0.15, 0.2) is 36.7 Å². The molecule has 2 rings (SSSR count). The predicted molar refractivity (Wildman–Crippen MR) is 88.0 cm³/mol. The lowest BCUT2D eigenvalue weighted by Gasteiger charge is -2.09. The van der Waals surface area contributed by atoms with Crippen molar-refractivity contribution >= 4 is 34.7 Å². The fourth-order valence-corrected chi connectivity index (χ4v) is 1.99. The molecule has 0 aliphatic heterocycles. The predicted octanol–water partition coefficient (Wildman–Crippen LogP) is 2.23. The number of hydrogen-bond acceptors (Lipinski definition) is 4. The minimum Gasteiger partial charge on any atom is -0.332 e. The highest BCUT2D eigenvalue weighted by atomic mass is 32.1. The first kappa shape index (κ1) is 15.8. The zero-order chi connectivity index (χ0) is 16.1. The molecule has 2 N–H and O–H groups in total. The molecule has 0 bridgehead atoms. The molecular weight excluding hydrogens is 300 g/mol. The Hall–Kier alpha value is -2.54. The summed E-state index contributed by atoms with van der Waals surface area (Å²) in [6.45, 7) is 4.13. The van der Waals surface area contributed by atoms with Crippen molar-refractivity contribution in [2.75, 3.05) is 5.32 Å². The third-order valence-corrected chi connectivity index (χ3v) is 3.20. The maximum atomic E-state index is 12.0. The van der Waals surface area contributed by atoms with Gasteiger partial charge in [0, 0.05) is 24.0 Å². The van der Waals surface area contributed by atoms with E-state index in [-0.39, 0.29) is 16.8 Å². The number of aromatic nitrogens is 2. The molecule has 22 heavy (non-hydrogen) atoms. The minimum atomic E-state index is -0.322. The molecule has 114 valence electrons. The van der Waals surface area contributed by atoms with Crippen molar-refractivity contribution in [1.82, 2.24) is 15.1 Å². The number of carbonyl (C=O) groups excluding carboxylic acids is 2. The summed E-state index contributed by atoms with van der Waals surface area (Å²) in [5.41, 5.74) is 1.75. The number of anilines is 1. The number of aryl methyl sites for hydroxylation is 1. The lowest BCUT2D eigenvalue weighted by atomic mass is 10.1. The van der Waals surface area contributed by atoms with E-state index in [1.807, 2.05) is 6.92 Å². The van der Waals surface area contributed by atoms with Gasteiger partial charge in [0.2, 0.25) is 0 Å². The summed E-state index contributed by atoms with van der Waals surface area (Å²) in [6.07, 6.45) is 3.14. The number of thiocarbonyl (C=S) groups is 1. The standard InChI is InChI=1S/C15H16N4O2S/c1-3-19-9-12(8-16-19)14(21)18-15(22)17-13-6-4-11(5-7-13)10(2)20/h4-9H,3H2,1-2H3,(H2,17,18,21,22). The highest BCUT2D eigenvalue weighted by Crippen LogP contribution is 2.10. The lowest BCUT2D eigenvalue weighted by Crippen LogP contribution is -2.33. The van der Waals surface area contributed by atoms with Crippen LogP contribution in [0.1, 0.15) is 34.6 Å². The van der Waals surface area contributed by atoms with Crippen LogP contribution in [0.3, 0.4) is 0 Å². The number of amides is 1. The van der Waals surface area contributed by atoms with Crippen LogP contribution in [-0.2, 0) is 6.54 Å². The molecule has 0 unspecified atom stereocenters. The zero-order valence-corrected chi connectivity index (χ0v) is 13.1. The van der Waals surface area contributed by atoms with Gasteiger partial charge in [-0.25, -0.2) is 0 Å². The van der Waals surface area contributed by atoms with E-state index in [1.54, 1.807) is 35.1 Å². The molecular formula is C15H16N4O2S. The molecule has 0 spiro atoms. The van der Waals surface area contributed by atoms with Crippen molar-refractivity contribution in [2.24, 2.45) is 0 Å². The van der Waals surface area contributed by atoms with Gasteiger partial charge < -0.3 is 5.32 Å². The van der Waals surface area contributed by atoms with Crippen molar-refractivity contribution in [2.45, 2.75) is 20.4 Å². The normalized spacial score (nSPS) is 10.1. The van der Waals surface area contributed by atoms with Gasteiger partial charge in [-0.15, -0.1) is 0 Å². The van der Waals surface area contributed by atoms with E-state index in [2.05, 4.69) is 15.7 Å². The van der Waals surface area contributed by atoms with Gasteiger partial charge in [-0.2, -0.15) is 5.10 Å². The maximum Gasteiger partial charge on any atom is 0.260 e. The first-order chi connectivity index (χ1) is 10.5. The van der Waals surface area contributed by atoms with Crippen molar-refractivity contribution < 1.29 is 9.59 Å². The summed E-state index contributed by atoms with van der Waals surface area (Å²) < 4.78 is 1.66. The summed E-state index contributed by atoms with van der Waals surface area (Å²) in [5.74, 6) is -0.326. The molecule has 6 nitrogen and oxygen atoms in total. The average Bonchev–Trinajstić information content (AvgIpc) is 2.96. The fourth-order valence-electron chi connectivity index (χ4n) is 1.78. The second kappa shape index (κ2) is 6.95. The quantitative estimate of drug-likeness (QED) is 0.668. The largest absolute Gasteiger partial charge is 0.332 e. The Labute approximate surface area is 133 Å². The van der Waals surface area contributed by atoms with E-state index in [1.165, 1.54) is 13.1 Å². The van der Waals surface area contributed by atoms with E-state index >= 15 is 0 Å². The van der Waals surface area contributed by atoms with E-state index in [4.69, 9.17) is 12.2 Å². The van der Waals surface area contributed by atoms with Crippen molar-refractivity contribution in [3.05, 3.63) is 47.8 Å². The van der Waals surface area contributed by atoms with Crippen LogP contribution in [0.5, 0.6) is 0 Å². The summed E-state index contributed by atoms with van der Waals surface area (Å²) >= 11 is 5.09. The molecule has 7 heteroatoms. The lowest BCUT2D eigenvalue weighted by molar-refractivity contribution is 0.0976. The Morgan fingerprint density at radius 3 is 2.45 bits per heavy atom. The first-order valence-corrected chi connectivity index (χ1v) is 7.16. The molecule has 1 aromatic heterocycles. The van der Waals surface area contributed by atoms with Crippen LogP contribution in [0, 0.1) is 0 Å². The Kier molecular flexibility index (Phi) is 5.00. The van der Waals surface area contributed by atoms with Crippen molar-refractivity contribution in [1.29, 1.82) is 0 Å². The van der Waals surface area contributed by atoms with Gasteiger partial charge in [0.15, 0.2) is 10.9 Å². The second-order valence-electron chi connectivity index (χ2n) is 4.63. The summed E-state index contributed by atoms with van der Waals surface area (Å²) in [4.78, 5) is 23.2. The van der Waals surface area contributed by atoms with Gasteiger partial charge in [-0.1, -0.05) is 0 Å². The fraction of sp³-hybridized carbons (Fsp3) is 0.200. The highest BCUT2D eigenvalue weighted by Gasteiger charge is 2.10. The number of Topliss-reactive ketones (excluding diaryl/α,β-unsaturated/α-hetero) is 1. The SMILES string of the molecule is CCn1cc(C(=O)NC(=S)Nc2ccc(C(C)=O)cc2)cn1. The van der Waals surface area contributed by atoms with Crippen LogP contribution in [0.4, 0.5) is 5.69 Å². The van der Waals surface area contributed by atoms with Crippen LogP contribution in [0.25, 0.3) is 0 Å². The smallest absolute Gasteiger partial charge is 0.260 e. The number of benzene rings is 1. The van der Waals surface area contributed by atoms with Gasteiger partial charge in [0.25, 0.3) is 5.91 Å². The summed E-state index contributed by atoms with van der Waals surface area (Å²) in [7, 11) is 0. The molecule has 0 fully saturated rings. The Bertz CT molecular complexity index is 707. The summed E-state index contributed by atoms with van der Waals surface area (Å²) in [5, 5.41) is 9.69. The van der Waals surface area contributed by atoms with E-state index in [9.17, 15) is 9.59 Å². The van der Waals surface area contributed by atoms with Crippen LogP contribution in [0.2, 0.25) is 0 Å². The molecule has 0 atom stereocenters. The van der Waals surface area contributed by atoms with E-state index < -0.39 is 0 Å². The summed E-state index contributed by atoms with van der Waals surface area (Å²) in [6, 6.07) is 6.84. The molecule has 0 radical (unpaired) electrons. The average molecular weight is 316 g/mol. The minimum absolute atomic E-state index is 0.00429. The number of nitrogens with zero attached hydrogens (tertiary/aromatic N) is 2. The molecule has 2 aromatic rings. The van der Waals surface area contributed by atoms with Crippen LogP contribution in [-0.4, -0.2) is 26.6 Å². The Morgan fingerprint density at radius 2 is 1.91 bits per heavy atom. The van der Waals surface area contributed by atoms with Gasteiger partial charge in [0.1, 0.15) is 0 Å². The van der Waals surface area contributed by atoms with Gasteiger partial charge >= 0.3 is 0 Å². The monoisotopic (exact) mass is 316 g/mol. The van der Waals surface area contributed by atoms with Crippen molar-refractivity contribution in [3.63, 3.8) is 0 Å². The number of ketones is 1. The van der Waals surface area contributed by atoms with E-state index in [0.717, 1.165) is 0 Å². The number of nitrogens with one attached hydrogen (secondary N) is 2. The Morgan fingerprint density at radius 1 is 1.23 bits per heavy atom. The molecule has 0 saturated carbocycles. The van der Waals surface area contributed by atoms with Gasteiger partial charge in [0.05, 0.1) is 11.8 Å². The van der Waals surface area contributed by atoms with Gasteiger partial charge in [-0.3, -0.25) is 19.6 Å². The highest BCUT2D eigenvalue weighted by molar-refractivity contribution is 7.80. The molecule has 1 amide bonds. The second-order valence-corrected chi connectivity index (χ2v) is 5.03. The van der Waals surface area contributed by atoms with E-state index in [0.29, 0.717) is 23.4 Å². The topological polar surface area (TPSA) is 76.0 Å². The van der Waals surface area contributed by atoms with Crippen LogP contribution < -0.4 is 10.6 Å². The van der Waals surface area contributed by atoms with Gasteiger partial charge in [-0.05, 0) is 50.3 Å². The Balaban J connectivity index is 1.94. The molecule has 0 aliphatic carbocycles.